The summed E-state index contributed by atoms with van der Waals surface area (Å²) >= 11 is 0. The Kier molecular flexibility index (Phi) is 11.6. The highest BCUT2D eigenvalue weighted by atomic mass is 19.4. The van der Waals surface area contributed by atoms with Crippen molar-refractivity contribution in [2.45, 2.75) is 78.2 Å². The molecule has 0 spiro atoms. The molecule has 0 radical (unpaired) electrons. The number of halogens is 6. The second kappa shape index (κ2) is 14.7. The second-order valence-corrected chi connectivity index (χ2v) is 11.8. The Balaban J connectivity index is 2.17. The largest absolute Gasteiger partial charge is 0.478 e. The average molecular weight is 695 g/mol. The highest BCUT2D eigenvalue weighted by Gasteiger charge is 2.39. The number of amides is 1. The lowest BCUT2D eigenvalue weighted by Crippen LogP contribution is -2.33. The molecule has 0 heterocycles. The highest BCUT2D eigenvalue weighted by molar-refractivity contribution is 6.15. The number of carboxylic acids is 2. The fourth-order valence-corrected chi connectivity index (χ4v) is 5.38. The van der Waals surface area contributed by atoms with E-state index in [1.54, 1.807) is 20.8 Å². The van der Waals surface area contributed by atoms with E-state index in [1.807, 2.05) is 13.8 Å². The van der Waals surface area contributed by atoms with E-state index in [0.717, 1.165) is 30.3 Å². The van der Waals surface area contributed by atoms with Gasteiger partial charge in [-0.3, -0.25) is 9.59 Å². The molecule has 14 heteroatoms. The molecule has 3 aromatic carbocycles. The quantitative estimate of drug-likeness (QED) is 0.103. The van der Waals surface area contributed by atoms with Gasteiger partial charge in [0.1, 0.15) is 0 Å². The molecule has 0 unspecified atom stereocenters. The molecule has 0 atom stereocenters. The molecule has 0 aromatic heterocycles. The predicted molar refractivity (Wildman–Crippen MR) is 171 cm³/mol. The molecule has 0 saturated carbocycles. The van der Waals surface area contributed by atoms with Gasteiger partial charge >= 0.3 is 24.3 Å². The smallest absolute Gasteiger partial charge is 0.417 e. The van der Waals surface area contributed by atoms with Crippen molar-refractivity contribution in [3.8, 4) is 11.1 Å². The lowest BCUT2D eigenvalue weighted by Gasteiger charge is -2.30. The SMILES string of the molecule is CCC(CC)C(=O)c1cc(C(=O)Nc2ccc(-c3ccc(NC(C)(CC)CC)cc3C(F)(F)F)c(C(F)(F)F)c2)c(C(=O)O)cc1C(=O)O. The Morgan fingerprint density at radius 3 is 1.51 bits per heavy atom. The zero-order chi connectivity index (χ0) is 37.1. The number of carboxylic acid groups (broad SMARTS) is 2. The van der Waals surface area contributed by atoms with Crippen molar-refractivity contribution in [1.82, 2.24) is 0 Å². The normalized spacial score (nSPS) is 12.2. The first-order chi connectivity index (χ1) is 22.7. The van der Waals surface area contributed by atoms with Gasteiger partial charge in [-0.2, -0.15) is 26.3 Å². The van der Waals surface area contributed by atoms with E-state index in [2.05, 4.69) is 10.6 Å². The number of hydrogen-bond acceptors (Lipinski definition) is 5. The Morgan fingerprint density at radius 1 is 0.653 bits per heavy atom. The van der Waals surface area contributed by atoms with Crippen LogP contribution in [0.15, 0.2) is 48.5 Å². The number of benzene rings is 3. The van der Waals surface area contributed by atoms with Crippen LogP contribution < -0.4 is 10.6 Å². The van der Waals surface area contributed by atoms with Crippen molar-refractivity contribution in [3.63, 3.8) is 0 Å². The number of hydrogen-bond donors (Lipinski definition) is 4. The topological polar surface area (TPSA) is 133 Å². The first kappa shape index (κ1) is 38.6. The molecule has 264 valence electrons. The molecule has 1 amide bonds. The van der Waals surface area contributed by atoms with Crippen molar-refractivity contribution in [2.24, 2.45) is 5.92 Å². The first-order valence-corrected chi connectivity index (χ1v) is 15.4. The highest BCUT2D eigenvalue weighted by Crippen LogP contribution is 2.45. The summed E-state index contributed by atoms with van der Waals surface area (Å²) in [6.07, 6.45) is -8.53. The van der Waals surface area contributed by atoms with Crippen LogP contribution >= 0.6 is 0 Å². The number of Topliss-reactive ketones (excluding diaryl/α,β-unsaturated/α-hetero) is 1. The zero-order valence-corrected chi connectivity index (χ0v) is 27.3. The van der Waals surface area contributed by atoms with Gasteiger partial charge in [0.15, 0.2) is 5.78 Å². The van der Waals surface area contributed by atoms with Gasteiger partial charge < -0.3 is 20.8 Å². The van der Waals surface area contributed by atoms with Crippen molar-refractivity contribution in [3.05, 3.63) is 81.9 Å². The fraction of sp³-hybridized carbons (Fsp3) is 0.371. The van der Waals surface area contributed by atoms with Crippen LogP contribution in [0.25, 0.3) is 11.1 Å². The van der Waals surface area contributed by atoms with Crippen LogP contribution in [0.1, 0.15) is 113 Å². The minimum atomic E-state index is -5.21. The number of anilines is 2. The van der Waals surface area contributed by atoms with Gasteiger partial charge in [0.2, 0.25) is 0 Å². The first-order valence-electron chi connectivity index (χ1n) is 15.4. The Bertz CT molecular complexity index is 1760. The minimum absolute atomic E-state index is 0.0601. The molecule has 49 heavy (non-hydrogen) atoms. The maximum atomic E-state index is 14.4. The third kappa shape index (κ3) is 8.59. The molecule has 8 nitrogen and oxygen atoms in total. The average Bonchev–Trinajstić information content (AvgIpc) is 3.03. The summed E-state index contributed by atoms with van der Waals surface area (Å²) in [7, 11) is 0. The molecule has 0 saturated heterocycles. The maximum Gasteiger partial charge on any atom is 0.417 e. The number of nitrogens with one attached hydrogen (secondary N) is 2. The number of aromatic carboxylic acids is 2. The van der Waals surface area contributed by atoms with E-state index >= 15 is 0 Å². The van der Waals surface area contributed by atoms with Crippen LogP contribution in [0.4, 0.5) is 37.7 Å². The summed E-state index contributed by atoms with van der Waals surface area (Å²) in [4.78, 5) is 50.4. The standard InChI is InChI=1S/C35H36F6N2O6/c1-6-18(7-2)29(44)23-16-24(26(32(48)49)17-25(23)31(46)47)30(45)42-19-10-12-21(27(14-19)34(36,37)38)22-13-11-20(15-28(22)35(39,40)41)43-33(5,8-3)9-4/h10-18,43H,6-9H2,1-5H3,(H,42,45)(H,46,47)(H,48,49). The van der Waals surface area contributed by atoms with Crippen LogP contribution in [-0.4, -0.2) is 39.4 Å². The van der Waals surface area contributed by atoms with Gasteiger partial charge in [-0.1, -0.05) is 39.8 Å². The monoisotopic (exact) mass is 694 g/mol. The van der Waals surface area contributed by atoms with Crippen LogP contribution in [-0.2, 0) is 12.4 Å². The van der Waals surface area contributed by atoms with Gasteiger partial charge in [-0.05, 0) is 80.1 Å². The van der Waals surface area contributed by atoms with Gasteiger partial charge in [0.25, 0.3) is 5.91 Å². The molecule has 0 aliphatic heterocycles. The fourth-order valence-electron chi connectivity index (χ4n) is 5.38. The van der Waals surface area contributed by atoms with E-state index in [4.69, 9.17) is 0 Å². The third-order valence-electron chi connectivity index (χ3n) is 8.69. The molecule has 4 N–H and O–H groups in total. The van der Waals surface area contributed by atoms with Crippen LogP contribution in [0.3, 0.4) is 0 Å². The van der Waals surface area contributed by atoms with Crippen molar-refractivity contribution < 1.29 is 55.7 Å². The van der Waals surface area contributed by atoms with Gasteiger partial charge in [-0.15, -0.1) is 0 Å². The van der Waals surface area contributed by atoms with E-state index in [-0.39, 0.29) is 5.69 Å². The zero-order valence-electron chi connectivity index (χ0n) is 27.3. The Hall–Kier alpha value is -4.88. The molecule has 0 aliphatic carbocycles. The van der Waals surface area contributed by atoms with Crippen molar-refractivity contribution in [2.75, 3.05) is 10.6 Å². The number of carbonyl (C=O) groups is 4. The second-order valence-electron chi connectivity index (χ2n) is 11.8. The van der Waals surface area contributed by atoms with E-state index in [1.165, 1.54) is 6.07 Å². The number of rotatable bonds is 13. The third-order valence-corrected chi connectivity index (χ3v) is 8.69. The van der Waals surface area contributed by atoms with Crippen LogP contribution in [0.2, 0.25) is 0 Å². The lowest BCUT2D eigenvalue weighted by molar-refractivity contribution is -0.139. The Morgan fingerprint density at radius 2 is 1.08 bits per heavy atom. The van der Waals surface area contributed by atoms with Gasteiger partial charge in [-0.25, -0.2) is 9.59 Å². The van der Waals surface area contributed by atoms with Crippen molar-refractivity contribution >= 4 is 35.0 Å². The molecule has 0 aliphatic rings. The summed E-state index contributed by atoms with van der Waals surface area (Å²) in [5, 5.41) is 24.5. The Labute approximate surface area is 278 Å². The summed E-state index contributed by atoms with van der Waals surface area (Å²) in [5.41, 5.74) is -8.19. The van der Waals surface area contributed by atoms with Gasteiger partial charge in [0.05, 0.1) is 27.8 Å². The minimum Gasteiger partial charge on any atom is -0.478 e. The van der Waals surface area contributed by atoms with Crippen LogP contribution in [0.5, 0.6) is 0 Å². The molecular formula is C35H36F6N2O6. The number of carbonyl (C=O) groups excluding carboxylic acids is 2. The summed E-state index contributed by atoms with van der Waals surface area (Å²) < 4.78 is 86.0. The van der Waals surface area contributed by atoms with E-state index in [0.29, 0.717) is 37.8 Å². The van der Waals surface area contributed by atoms with Crippen LogP contribution in [0, 0.1) is 5.92 Å². The predicted octanol–water partition coefficient (Wildman–Crippen LogP) is 9.65. The molecule has 0 bridgehead atoms. The molecule has 3 rings (SSSR count). The lowest BCUT2D eigenvalue weighted by atomic mass is 9.87. The summed E-state index contributed by atoms with van der Waals surface area (Å²) in [5.74, 6) is -6.03. The van der Waals surface area contributed by atoms with Crippen molar-refractivity contribution in [1.29, 1.82) is 0 Å². The molecule has 0 fully saturated rings. The van der Waals surface area contributed by atoms with Gasteiger partial charge in [0, 0.05) is 28.4 Å². The molecule has 3 aromatic rings. The number of ketones is 1. The maximum absolute atomic E-state index is 14.4. The number of alkyl halides is 6. The van der Waals surface area contributed by atoms with E-state index in [9.17, 15) is 55.7 Å². The summed E-state index contributed by atoms with van der Waals surface area (Å²) in [6.45, 7) is 8.82. The summed E-state index contributed by atoms with van der Waals surface area (Å²) in [6, 6.07) is 6.40. The van der Waals surface area contributed by atoms with E-state index < -0.39 is 97.6 Å². The molecular weight excluding hydrogens is 658 g/mol.